The van der Waals surface area contributed by atoms with Gasteiger partial charge in [-0.05, 0) is 47.5 Å². The van der Waals surface area contributed by atoms with Gasteiger partial charge in [0.05, 0.1) is 10.0 Å². The van der Waals surface area contributed by atoms with Crippen molar-refractivity contribution in [1.82, 2.24) is 10.9 Å². The van der Waals surface area contributed by atoms with Gasteiger partial charge >= 0.3 is 0 Å². The maximum Gasteiger partial charge on any atom is 0.262 e. The Bertz CT molecular complexity index is 833. The average molecular weight is 440 g/mol. The van der Waals surface area contributed by atoms with Gasteiger partial charge in [-0.25, -0.2) is 0 Å². The lowest BCUT2D eigenvalue weighted by Gasteiger charge is -2.02. The van der Waals surface area contributed by atoms with Crippen molar-refractivity contribution in [3.63, 3.8) is 0 Å². The highest BCUT2D eigenvalue weighted by Crippen LogP contribution is 2.23. The number of carbonyl (C=O) groups is 2. The smallest absolute Gasteiger partial charge is 0.262 e. The standard InChI is InChI=1S/C18H13BrCl2N2O2/c19-14-6-1-12(2-7-14)4-9-17(24)22-23-18(25)10-5-13-3-8-15(20)16(21)11-13/h1-11H,(H,22,24)(H,23,25)/b9-4+,10-5+. The van der Waals surface area contributed by atoms with Gasteiger partial charge in [0.1, 0.15) is 0 Å². The molecule has 0 aliphatic heterocycles. The van der Waals surface area contributed by atoms with E-state index in [2.05, 4.69) is 26.8 Å². The van der Waals surface area contributed by atoms with Crippen LogP contribution in [0.3, 0.4) is 0 Å². The number of nitrogens with one attached hydrogen (secondary N) is 2. The van der Waals surface area contributed by atoms with E-state index in [0.717, 1.165) is 10.0 Å². The Hall–Kier alpha value is -2.08. The summed E-state index contributed by atoms with van der Waals surface area (Å²) in [5.74, 6) is -0.921. The van der Waals surface area contributed by atoms with Crippen molar-refractivity contribution in [2.45, 2.75) is 0 Å². The third-order valence-electron chi connectivity index (χ3n) is 2.98. The minimum atomic E-state index is -0.475. The molecule has 128 valence electrons. The van der Waals surface area contributed by atoms with E-state index in [-0.39, 0.29) is 0 Å². The maximum atomic E-state index is 11.7. The lowest BCUT2D eigenvalue weighted by Crippen LogP contribution is -2.39. The first-order valence-corrected chi connectivity index (χ1v) is 8.65. The normalized spacial score (nSPS) is 11.0. The van der Waals surface area contributed by atoms with Crippen molar-refractivity contribution >= 4 is 63.1 Å². The molecule has 25 heavy (non-hydrogen) atoms. The lowest BCUT2D eigenvalue weighted by molar-refractivity contribution is -0.123. The number of halogens is 3. The van der Waals surface area contributed by atoms with Crippen LogP contribution in [0.5, 0.6) is 0 Å². The van der Waals surface area contributed by atoms with E-state index >= 15 is 0 Å². The SMILES string of the molecule is O=C(/C=C/c1ccc(Br)cc1)NNC(=O)/C=C/c1ccc(Cl)c(Cl)c1. The summed E-state index contributed by atoms with van der Waals surface area (Å²) in [6.45, 7) is 0. The third kappa shape index (κ3) is 6.74. The molecule has 0 atom stereocenters. The molecule has 0 saturated carbocycles. The molecule has 0 saturated heterocycles. The quantitative estimate of drug-likeness (QED) is 0.538. The van der Waals surface area contributed by atoms with Crippen molar-refractivity contribution in [2.24, 2.45) is 0 Å². The summed E-state index contributed by atoms with van der Waals surface area (Å²) in [6.07, 6.45) is 5.80. The van der Waals surface area contributed by atoms with Crippen LogP contribution < -0.4 is 10.9 Å². The number of hydrogen-bond acceptors (Lipinski definition) is 2. The Morgan fingerprint density at radius 1 is 0.800 bits per heavy atom. The van der Waals surface area contributed by atoms with Crippen LogP contribution in [0.25, 0.3) is 12.2 Å². The summed E-state index contributed by atoms with van der Waals surface area (Å²) >= 11 is 15.0. The molecule has 0 heterocycles. The molecule has 0 aliphatic rings. The number of amides is 2. The van der Waals surface area contributed by atoms with Crippen LogP contribution in [0.4, 0.5) is 0 Å². The van der Waals surface area contributed by atoms with Crippen LogP contribution in [-0.2, 0) is 9.59 Å². The van der Waals surface area contributed by atoms with Crippen LogP contribution in [0.1, 0.15) is 11.1 Å². The molecule has 2 aromatic rings. The van der Waals surface area contributed by atoms with Gasteiger partial charge < -0.3 is 0 Å². The molecular formula is C18H13BrCl2N2O2. The first-order chi connectivity index (χ1) is 11.9. The fourth-order valence-corrected chi connectivity index (χ4v) is 2.31. The van der Waals surface area contributed by atoms with E-state index in [1.165, 1.54) is 12.2 Å². The van der Waals surface area contributed by atoms with Crippen LogP contribution in [-0.4, -0.2) is 11.8 Å². The Morgan fingerprint density at radius 2 is 1.32 bits per heavy atom. The van der Waals surface area contributed by atoms with E-state index in [9.17, 15) is 9.59 Å². The van der Waals surface area contributed by atoms with E-state index in [1.807, 2.05) is 24.3 Å². The number of rotatable bonds is 4. The molecule has 0 radical (unpaired) electrons. The van der Waals surface area contributed by atoms with Crippen LogP contribution in [0, 0.1) is 0 Å². The molecule has 7 heteroatoms. The van der Waals surface area contributed by atoms with Crippen molar-refractivity contribution in [3.05, 3.63) is 80.3 Å². The molecule has 0 bridgehead atoms. The predicted molar refractivity (Wildman–Crippen MR) is 105 cm³/mol. The van der Waals surface area contributed by atoms with E-state index < -0.39 is 11.8 Å². The van der Waals surface area contributed by atoms with Gasteiger partial charge in [-0.2, -0.15) is 0 Å². The van der Waals surface area contributed by atoms with Crippen LogP contribution in [0.2, 0.25) is 10.0 Å². The Labute approximate surface area is 163 Å². The molecule has 2 rings (SSSR count). The van der Waals surface area contributed by atoms with Gasteiger partial charge in [-0.3, -0.25) is 20.4 Å². The zero-order chi connectivity index (χ0) is 18.2. The van der Waals surface area contributed by atoms with E-state index in [1.54, 1.807) is 30.4 Å². The summed E-state index contributed by atoms with van der Waals surface area (Å²) in [5, 5.41) is 0.837. The zero-order valence-corrected chi connectivity index (χ0v) is 15.9. The summed E-state index contributed by atoms with van der Waals surface area (Å²) in [5.41, 5.74) is 6.15. The molecule has 2 N–H and O–H groups in total. The molecule has 4 nitrogen and oxygen atoms in total. The summed E-state index contributed by atoms with van der Waals surface area (Å²) in [7, 11) is 0. The summed E-state index contributed by atoms with van der Waals surface area (Å²) in [6, 6.07) is 12.4. The molecule has 2 aromatic carbocycles. The third-order valence-corrected chi connectivity index (χ3v) is 4.24. The van der Waals surface area contributed by atoms with Crippen LogP contribution >= 0.6 is 39.1 Å². The van der Waals surface area contributed by atoms with Crippen molar-refractivity contribution in [2.75, 3.05) is 0 Å². The number of carbonyl (C=O) groups excluding carboxylic acids is 2. The molecule has 0 spiro atoms. The average Bonchev–Trinajstić information content (AvgIpc) is 2.60. The van der Waals surface area contributed by atoms with Crippen LogP contribution in [0.15, 0.2) is 59.1 Å². The Kier molecular flexibility index (Phi) is 7.25. The van der Waals surface area contributed by atoms with Gasteiger partial charge in [0, 0.05) is 16.6 Å². The van der Waals surface area contributed by atoms with Crippen molar-refractivity contribution in [1.29, 1.82) is 0 Å². The highest BCUT2D eigenvalue weighted by molar-refractivity contribution is 9.10. The Balaban J connectivity index is 1.82. The van der Waals surface area contributed by atoms with E-state index in [0.29, 0.717) is 15.6 Å². The second kappa shape index (κ2) is 9.42. The number of benzene rings is 2. The first-order valence-electron chi connectivity index (χ1n) is 7.11. The monoisotopic (exact) mass is 438 g/mol. The zero-order valence-electron chi connectivity index (χ0n) is 12.8. The molecule has 2 amide bonds. The van der Waals surface area contributed by atoms with Gasteiger partial charge in [0.2, 0.25) is 0 Å². The minimum absolute atomic E-state index is 0.399. The second-order valence-electron chi connectivity index (χ2n) is 4.87. The molecule has 0 fully saturated rings. The topological polar surface area (TPSA) is 58.2 Å². The lowest BCUT2D eigenvalue weighted by atomic mass is 10.2. The fraction of sp³-hybridized carbons (Fsp3) is 0. The Morgan fingerprint density at radius 3 is 1.88 bits per heavy atom. The number of hydrazine groups is 1. The summed E-state index contributed by atoms with van der Waals surface area (Å²) < 4.78 is 0.954. The molecule has 0 aliphatic carbocycles. The fourth-order valence-electron chi connectivity index (χ4n) is 1.74. The van der Waals surface area contributed by atoms with Gasteiger partial charge in [-0.15, -0.1) is 0 Å². The van der Waals surface area contributed by atoms with Gasteiger partial charge in [-0.1, -0.05) is 57.3 Å². The largest absolute Gasteiger partial charge is 0.268 e. The highest BCUT2D eigenvalue weighted by atomic mass is 79.9. The van der Waals surface area contributed by atoms with Crippen molar-refractivity contribution in [3.8, 4) is 0 Å². The maximum absolute atomic E-state index is 11.7. The number of hydrogen-bond donors (Lipinski definition) is 2. The van der Waals surface area contributed by atoms with Gasteiger partial charge in [0.15, 0.2) is 0 Å². The predicted octanol–water partition coefficient (Wildman–Crippen LogP) is 4.63. The molecule has 0 unspecified atom stereocenters. The summed E-state index contributed by atoms with van der Waals surface area (Å²) in [4.78, 5) is 23.3. The van der Waals surface area contributed by atoms with Gasteiger partial charge in [0.25, 0.3) is 11.8 Å². The molecular weight excluding hydrogens is 427 g/mol. The van der Waals surface area contributed by atoms with E-state index in [4.69, 9.17) is 23.2 Å². The molecule has 0 aromatic heterocycles. The minimum Gasteiger partial charge on any atom is -0.268 e. The highest BCUT2D eigenvalue weighted by Gasteiger charge is 2.00. The second-order valence-corrected chi connectivity index (χ2v) is 6.60. The first kappa shape index (κ1) is 19.2. The van der Waals surface area contributed by atoms with Crippen molar-refractivity contribution < 1.29 is 9.59 Å².